The maximum atomic E-state index is 11.8. The maximum Gasteiger partial charge on any atom is 0.290 e. The molecule has 1 aliphatic heterocycles. The fourth-order valence-electron chi connectivity index (χ4n) is 2.25. The molecule has 2 N–H and O–H groups in total. The molecule has 0 saturated heterocycles. The van der Waals surface area contributed by atoms with Crippen LogP contribution >= 0.6 is 21.6 Å². The van der Waals surface area contributed by atoms with Crippen LogP contribution in [0.5, 0.6) is 5.75 Å². The third-order valence-electron chi connectivity index (χ3n) is 3.31. The molecule has 0 fully saturated rings. The van der Waals surface area contributed by atoms with Gasteiger partial charge in [-0.05, 0) is 38.3 Å². The number of carbonyl (C=O) groups excluding carboxylic acids is 1. The molecule has 2 rings (SSSR count). The number of amides is 1. The first kappa shape index (κ1) is 16.0. The van der Waals surface area contributed by atoms with Crippen LogP contribution in [0.4, 0.5) is 4.79 Å². The van der Waals surface area contributed by atoms with E-state index >= 15 is 0 Å². The number of benzene rings is 1. The number of ether oxygens (including phenoxy) is 1. The quantitative estimate of drug-likeness (QED) is 0.814. The molecule has 1 aliphatic rings. The van der Waals surface area contributed by atoms with Gasteiger partial charge in [0.1, 0.15) is 17.5 Å². The largest absolute Gasteiger partial charge is 0.485 e. The van der Waals surface area contributed by atoms with Crippen molar-refractivity contribution in [2.75, 3.05) is 6.26 Å². The van der Waals surface area contributed by atoms with Crippen LogP contribution in [-0.2, 0) is 0 Å². The molecule has 5 nitrogen and oxygen atoms in total. The summed E-state index contributed by atoms with van der Waals surface area (Å²) in [4.78, 5) is 11.8. The predicted molar refractivity (Wildman–Crippen MR) is 84.2 cm³/mol. The summed E-state index contributed by atoms with van der Waals surface area (Å²) in [5.74, 6) is 0.573. The van der Waals surface area contributed by atoms with Gasteiger partial charge in [-0.1, -0.05) is 10.8 Å². The van der Waals surface area contributed by atoms with Gasteiger partial charge in [-0.3, -0.25) is 4.79 Å². The van der Waals surface area contributed by atoms with E-state index < -0.39 is 17.7 Å². The summed E-state index contributed by atoms with van der Waals surface area (Å²) in [6.07, 6.45) is 0.890. The van der Waals surface area contributed by atoms with E-state index in [2.05, 4.69) is 11.4 Å². The predicted octanol–water partition coefficient (Wildman–Crippen LogP) is 2.85. The average molecular weight is 324 g/mol. The Labute approximate surface area is 131 Å². The Hall–Kier alpha value is -1.36. The van der Waals surface area contributed by atoms with Crippen LogP contribution < -0.4 is 10.1 Å². The van der Waals surface area contributed by atoms with Crippen molar-refractivity contribution in [1.82, 2.24) is 5.32 Å². The molecule has 0 radical (unpaired) electrons. The Morgan fingerprint density at radius 2 is 2.24 bits per heavy atom. The third kappa shape index (κ3) is 3.28. The molecule has 112 valence electrons. The minimum absolute atomic E-state index is 0.238. The number of carbonyl (C=O) groups is 1. The minimum atomic E-state index is -0.912. The van der Waals surface area contributed by atoms with Crippen LogP contribution in [0, 0.1) is 11.3 Å². The highest BCUT2D eigenvalue weighted by Crippen LogP contribution is 2.40. The summed E-state index contributed by atoms with van der Waals surface area (Å²) in [6.45, 7) is 3.53. The lowest BCUT2D eigenvalue weighted by atomic mass is 9.86. The molecule has 1 heterocycles. The van der Waals surface area contributed by atoms with Gasteiger partial charge in [0.15, 0.2) is 0 Å². The number of nitrogens with one attached hydrogen (secondary N) is 1. The molecule has 0 spiro atoms. The standard InChI is InChI=1S/C14H16N2O3S2/c1-14(2)12(17)11(16-13(18)21-20-3)9-6-8(7-15)4-5-10(9)19-14/h4-6,11-12,17H,1-3H3,(H,16,18). The normalized spacial score (nSPS) is 22.6. The lowest BCUT2D eigenvalue weighted by Crippen LogP contribution is -2.53. The smallest absolute Gasteiger partial charge is 0.290 e. The van der Waals surface area contributed by atoms with Crippen LogP contribution in [0.2, 0.25) is 0 Å². The van der Waals surface area contributed by atoms with Crippen LogP contribution in [-0.4, -0.2) is 28.3 Å². The van der Waals surface area contributed by atoms with Gasteiger partial charge in [-0.25, -0.2) is 0 Å². The first-order valence-corrected chi connectivity index (χ1v) is 8.87. The van der Waals surface area contributed by atoms with E-state index in [0.29, 0.717) is 16.9 Å². The highest BCUT2D eigenvalue weighted by molar-refractivity contribution is 8.81. The number of hydrogen-bond donors (Lipinski definition) is 2. The van der Waals surface area contributed by atoms with E-state index in [4.69, 9.17) is 10.00 Å². The summed E-state index contributed by atoms with van der Waals surface area (Å²) in [7, 11) is 2.39. The second kappa shape index (κ2) is 6.18. The van der Waals surface area contributed by atoms with Gasteiger partial charge in [0.25, 0.3) is 5.24 Å². The Bertz CT molecular complexity index is 598. The minimum Gasteiger partial charge on any atom is -0.485 e. The number of rotatable bonds is 2. The lowest BCUT2D eigenvalue weighted by molar-refractivity contribution is -0.0616. The summed E-state index contributed by atoms with van der Waals surface area (Å²) in [5, 5.41) is 22.1. The first-order chi connectivity index (χ1) is 9.89. The second-order valence-electron chi connectivity index (χ2n) is 5.17. The Kier molecular flexibility index (Phi) is 4.71. The summed E-state index contributed by atoms with van der Waals surface area (Å²) in [5.41, 5.74) is 0.250. The molecular formula is C14H16N2O3S2. The van der Waals surface area contributed by atoms with Crippen molar-refractivity contribution in [1.29, 1.82) is 5.26 Å². The van der Waals surface area contributed by atoms with Crippen molar-refractivity contribution >= 4 is 26.8 Å². The molecule has 2 unspecified atom stereocenters. The molecule has 7 heteroatoms. The lowest BCUT2D eigenvalue weighted by Gasteiger charge is -2.42. The molecule has 0 bridgehead atoms. The first-order valence-electron chi connectivity index (χ1n) is 6.31. The van der Waals surface area contributed by atoms with E-state index in [-0.39, 0.29) is 5.24 Å². The highest BCUT2D eigenvalue weighted by Gasteiger charge is 2.43. The molecule has 0 aliphatic carbocycles. The number of nitriles is 1. The van der Waals surface area contributed by atoms with E-state index in [9.17, 15) is 9.90 Å². The molecule has 1 aromatic rings. The monoisotopic (exact) mass is 324 g/mol. The molecule has 2 atom stereocenters. The number of hydrogen-bond acceptors (Lipinski definition) is 6. The van der Waals surface area contributed by atoms with Gasteiger partial charge in [0.05, 0.1) is 17.7 Å². The van der Waals surface area contributed by atoms with Gasteiger partial charge in [0, 0.05) is 16.4 Å². The van der Waals surface area contributed by atoms with Crippen molar-refractivity contribution in [3.63, 3.8) is 0 Å². The number of aliphatic hydroxyl groups is 1. The van der Waals surface area contributed by atoms with Crippen LogP contribution in [0.3, 0.4) is 0 Å². The zero-order chi connectivity index (χ0) is 15.6. The van der Waals surface area contributed by atoms with E-state index in [1.54, 1.807) is 38.3 Å². The molecule has 0 aromatic heterocycles. The van der Waals surface area contributed by atoms with Gasteiger partial charge in [-0.15, -0.1) is 0 Å². The number of aliphatic hydroxyl groups excluding tert-OH is 1. The number of fused-ring (bicyclic) bond motifs is 1. The van der Waals surface area contributed by atoms with Gasteiger partial charge in [0.2, 0.25) is 0 Å². The Morgan fingerprint density at radius 3 is 2.86 bits per heavy atom. The maximum absolute atomic E-state index is 11.8. The third-order valence-corrected chi connectivity index (χ3v) is 4.70. The van der Waals surface area contributed by atoms with E-state index in [0.717, 1.165) is 10.8 Å². The van der Waals surface area contributed by atoms with Crippen molar-refractivity contribution in [2.45, 2.75) is 31.6 Å². The molecule has 21 heavy (non-hydrogen) atoms. The van der Waals surface area contributed by atoms with Crippen molar-refractivity contribution < 1.29 is 14.6 Å². The van der Waals surface area contributed by atoms with Crippen LogP contribution in [0.25, 0.3) is 0 Å². The Morgan fingerprint density at radius 1 is 1.52 bits per heavy atom. The zero-order valence-electron chi connectivity index (χ0n) is 11.9. The van der Waals surface area contributed by atoms with Crippen LogP contribution in [0.1, 0.15) is 31.0 Å². The second-order valence-corrected chi connectivity index (χ2v) is 7.55. The van der Waals surface area contributed by atoms with E-state index in [1.165, 1.54) is 10.8 Å². The highest BCUT2D eigenvalue weighted by atomic mass is 33.1. The topological polar surface area (TPSA) is 82.4 Å². The molecule has 1 aromatic carbocycles. The van der Waals surface area contributed by atoms with Gasteiger partial charge < -0.3 is 15.2 Å². The number of nitrogens with zero attached hydrogens (tertiary/aromatic N) is 1. The van der Waals surface area contributed by atoms with Crippen LogP contribution in [0.15, 0.2) is 18.2 Å². The fraction of sp³-hybridized carbons (Fsp3) is 0.429. The molecule has 1 amide bonds. The molecule has 0 saturated carbocycles. The SMILES string of the molecule is CSSC(=O)NC1c2cc(C#N)ccc2OC(C)(C)C1O. The average Bonchev–Trinajstić information content (AvgIpc) is 2.43. The summed E-state index contributed by atoms with van der Waals surface area (Å²) in [6, 6.07) is 6.44. The summed E-state index contributed by atoms with van der Waals surface area (Å²) < 4.78 is 5.78. The fourth-order valence-corrected chi connectivity index (χ4v) is 3.18. The van der Waals surface area contributed by atoms with Crippen molar-refractivity contribution in [3.8, 4) is 11.8 Å². The summed E-state index contributed by atoms with van der Waals surface area (Å²) >= 11 is 0. The molecular weight excluding hydrogens is 308 g/mol. The van der Waals surface area contributed by atoms with E-state index in [1.807, 2.05) is 0 Å². The van der Waals surface area contributed by atoms with Gasteiger partial charge >= 0.3 is 0 Å². The zero-order valence-corrected chi connectivity index (χ0v) is 13.5. The van der Waals surface area contributed by atoms with Crippen molar-refractivity contribution in [3.05, 3.63) is 29.3 Å². The van der Waals surface area contributed by atoms with Crippen molar-refractivity contribution in [2.24, 2.45) is 0 Å². The van der Waals surface area contributed by atoms with Gasteiger partial charge in [-0.2, -0.15) is 5.26 Å². The Balaban J connectivity index is 2.42.